The van der Waals surface area contributed by atoms with Crippen LogP contribution in [0.5, 0.6) is 0 Å². The van der Waals surface area contributed by atoms with E-state index in [1.165, 1.54) is 51.7 Å². The van der Waals surface area contributed by atoms with E-state index in [1.807, 2.05) is 6.08 Å². The highest BCUT2D eigenvalue weighted by atomic mass is 15.1. The SMILES string of the molecule is C=CCCCN(CC)CCCCCC. The van der Waals surface area contributed by atoms with E-state index in [9.17, 15) is 0 Å². The first-order valence-corrected chi connectivity index (χ1v) is 6.18. The first kappa shape index (κ1) is 13.7. The number of hydrogen-bond donors (Lipinski definition) is 0. The van der Waals surface area contributed by atoms with Gasteiger partial charge in [0.05, 0.1) is 0 Å². The van der Waals surface area contributed by atoms with Crippen molar-refractivity contribution >= 4 is 0 Å². The number of hydrogen-bond acceptors (Lipinski definition) is 1. The second kappa shape index (κ2) is 10.8. The summed E-state index contributed by atoms with van der Waals surface area (Å²) in [5.41, 5.74) is 0. The van der Waals surface area contributed by atoms with Gasteiger partial charge in [-0.3, -0.25) is 0 Å². The van der Waals surface area contributed by atoms with E-state index in [0.717, 1.165) is 6.42 Å². The smallest absolute Gasteiger partial charge is 0.00159 e. The van der Waals surface area contributed by atoms with Gasteiger partial charge in [-0.2, -0.15) is 0 Å². The second-order valence-electron chi connectivity index (χ2n) is 3.93. The Hall–Kier alpha value is -0.300. The van der Waals surface area contributed by atoms with Crippen molar-refractivity contribution in [2.24, 2.45) is 0 Å². The van der Waals surface area contributed by atoms with Crippen molar-refractivity contribution in [3.8, 4) is 0 Å². The number of rotatable bonds is 10. The van der Waals surface area contributed by atoms with Crippen molar-refractivity contribution in [1.29, 1.82) is 0 Å². The molecule has 0 saturated carbocycles. The van der Waals surface area contributed by atoms with E-state index in [4.69, 9.17) is 0 Å². The second-order valence-corrected chi connectivity index (χ2v) is 3.93. The monoisotopic (exact) mass is 197 g/mol. The van der Waals surface area contributed by atoms with E-state index < -0.39 is 0 Å². The Morgan fingerprint density at radius 2 is 1.71 bits per heavy atom. The molecule has 0 N–H and O–H groups in total. The van der Waals surface area contributed by atoms with Crippen molar-refractivity contribution in [3.05, 3.63) is 12.7 Å². The molecular weight excluding hydrogens is 170 g/mol. The van der Waals surface area contributed by atoms with Crippen LogP contribution in [0.25, 0.3) is 0 Å². The van der Waals surface area contributed by atoms with Crippen molar-refractivity contribution in [1.82, 2.24) is 4.90 Å². The molecule has 0 bridgehead atoms. The topological polar surface area (TPSA) is 3.24 Å². The summed E-state index contributed by atoms with van der Waals surface area (Å²) in [6.45, 7) is 12.0. The summed E-state index contributed by atoms with van der Waals surface area (Å²) in [6, 6.07) is 0. The van der Waals surface area contributed by atoms with Crippen molar-refractivity contribution in [2.45, 2.75) is 52.4 Å². The zero-order valence-corrected chi connectivity index (χ0v) is 10.1. The van der Waals surface area contributed by atoms with Gasteiger partial charge in [-0.15, -0.1) is 6.58 Å². The van der Waals surface area contributed by atoms with Crippen LogP contribution in [-0.2, 0) is 0 Å². The molecule has 0 spiro atoms. The molecule has 0 heterocycles. The third kappa shape index (κ3) is 8.31. The lowest BCUT2D eigenvalue weighted by atomic mass is 10.2. The molecule has 0 aliphatic heterocycles. The van der Waals surface area contributed by atoms with Crippen LogP contribution in [0.1, 0.15) is 52.4 Å². The third-order valence-corrected chi connectivity index (χ3v) is 2.66. The minimum absolute atomic E-state index is 1.16. The summed E-state index contributed by atoms with van der Waals surface area (Å²) in [6.07, 6.45) is 9.94. The van der Waals surface area contributed by atoms with Gasteiger partial charge in [0.2, 0.25) is 0 Å². The first-order chi connectivity index (χ1) is 6.85. The maximum absolute atomic E-state index is 3.75. The lowest BCUT2D eigenvalue weighted by Gasteiger charge is -2.19. The lowest BCUT2D eigenvalue weighted by molar-refractivity contribution is 0.278. The lowest BCUT2D eigenvalue weighted by Crippen LogP contribution is -2.25. The standard InChI is InChI=1S/C13H27N/c1-4-7-9-11-13-14(6-3)12-10-8-5-2/h5H,2,4,6-13H2,1,3H3. The van der Waals surface area contributed by atoms with Crippen molar-refractivity contribution < 1.29 is 0 Å². The molecule has 0 radical (unpaired) electrons. The van der Waals surface area contributed by atoms with Crippen LogP contribution in [0.4, 0.5) is 0 Å². The molecule has 0 unspecified atom stereocenters. The van der Waals surface area contributed by atoms with Gasteiger partial charge >= 0.3 is 0 Å². The Bertz CT molecular complexity index is 120. The first-order valence-electron chi connectivity index (χ1n) is 6.18. The molecule has 0 aromatic heterocycles. The largest absolute Gasteiger partial charge is 0.304 e. The van der Waals surface area contributed by atoms with Crippen LogP contribution in [0.15, 0.2) is 12.7 Å². The zero-order chi connectivity index (χ0) is 10.6. The van der Waals surface area contributed by atoms with E-state index in [-0.39, 0.29) is 0 Å². The summed E-state index contributed by atoms with van der Waals surface area (Å²) in [7, 11) is 0. The molecule has 0 amide bonds. The fourth-order valence-electron chi connectivity index (χ4n) is 1.65. The molecule has 0 fully saturated rings. The Morgan fingerprint density at radius 1 is 1.00 bits per heavy atom. The van der Waals surface area contributed by atoms with Crippen LogP contribution in [0, 0.1) is 0 Å². The molecule has 0 aromatic rings. The van der Waals surface area contributed by atoms with Crippen molar-refractivity contribution in [3.63, 3.8) is 0 Å². The molecule has 0 saturated heterocycles. The molecule has 0 aliphatic rings. The Kier molecular flexibility index (Phi) is 10.5. The van der Waals surface area contributed by atoms with Gasteiger partial charge in [0.15, 0.2) is 0 Å². The highest BCUT2D eigenvalue weighted by molar-refractivity contribution is 4.67. The maximum Gasteiger partial charge on any atom is -0.00159 e. The minimum atomic E-state index is 1.16. The van der Waals surface area contributed by atoms with Gasteiger partial charge in [0.25, 0.3) is 0 Å². The molecule has 14 heavy (non-hydrogen) atoms. The van der Waals surface area contributed by atoms with E-state index in [0.29, 0.717) is 0 Å². The molecule has 1 heteroatoms. The Morgan fingerprint density at radius 3 is 2.29 bits per heavy atom. The fourth-order valence-corrected chi connectivity index (χ4v) is 1.65. The number of nitrogens with zero attached hydrogens (tertiary/aromatic N) is 1. The zero-order valence-electron chi connectivity index (χ0n) is 10.1. The van der Waals surface area contributed by atoms with Gasteiger partial charge in [0.1, 0.15) is 0 Å². The summed E-state index contributed by atoms with van der Waals surface area (Å²) in [5.74, 6) is 0. The van der Waals surface area contributed by atoms with Gasteiger partial charge in [-0.25, -0.2) is 0 Å². The Balaban J connectivity index is 3.33. The quantitative estimate of drug-likeness (QED) is 0.380. The molecule has 84 valence electrons. The van der Waals surface area contributed by atoms with Crippen LogP contribution in [-0.4, -0.2) is 24.5 Å². The molecule has 0 aromatic carbocycles. The van der Waals surface area contributed by atoms with Crippen molar-refractivity contribution in [2.75, 3.05) is 19.6 Å². The molecule has 0 atom stereocenters. The number of allylic oxidation sites excluding steroid dienone is 1. The maximum atomic E-state index is 3.75. The van der Waals surface area contributed by atoms with Gasteiger partial charge in [-0.1, -0.05) is 39.2 Å². The summed E-state index contributed by atoms with van der Waals surface area (Å²) in [5, 5.41) is 0. The average Bonchev–Trinajstić information content (AvgIpc) is 2.22. The molecule has 1 nitrogen and oxygen atoms in total. The minimum Gasteiger partial charge on any atom is -0.304 e. The van der Waals surface area contributed by atoms with E-state index in [2.05, 4.69) is 25.3 Å². The average molecular weight is 197 g/mol. The van der Waals surface area contributed by atoms with E-state index in [1.54, 1.807) is 0 Å². The van der Waals surface area contributed by atoms with Gasteiger partial charge < -0.3 is 4.90 Å². The van der Waals surface area contributed by atoms with Crippen LogP contribution >= 0.6 is 0 Å². The van der Waals surface area contributed by atoms with E-state index >= 15 is 0 Å². The number of unbranched alkanes of at least 4 members (excludes halogenated alkanes) is 4. The molecule has 0 rings (SSSR count). The van der Waals surface area contributed by atoms with Crippen LogP contribution < -0.4 is 0 Å². The van der Waals surface area contributed by atoms with Crippen LogP contribution in [0.3, 0.4) is 0 Å². The predicted octanol–water partition coefficient (Wildman–Crippen LogP) is 3.85. The summed E-state index contributed by atoms with van der Waals surface area (Å²) >= 11 is 0. The summed E-state index contributed by atoms with van der Waals surface area (Å²) < 4.78 is 0. The van der Waals surface area contributed by atoms with Crippen LogP contribution in [0.2, 0.25) is 0 Å². The molecule has 0 aliphatic carbocycles. The third-order valence-electron chi connectivity index (χ3n) is 2.66. The normalized spacial score (nSPS) is 10.8. The highest BCUT2D eigenvalue weighted by Gasteiger charge is 2.00. The Labute approximate surface area is 90.2 Å². The fraction of sp³-hybridized carbons (Fsp3) is 0.846. The molecular formula is C13H27N. The van der Waals surface area contributed by atoms with Gasteiger partial charge in [0, 0.05) is 0 Å². The van der Waals surface area contributed by atoms with Gasteiger partial charge in [-0.05, 0) is 38.9 Å². The summed E-state index contributed by atoms with van der Waals surface area (Å²) in [4.78, 5) is 2.55. The predicted molar refractivity (Wildman–Crippen MR) is 65.7 cm³/mol. The highest BCUT2D eigenvalue weighted by Crippen LogP contribution is 2.02.